The molecule has 0 saturated carbocycles. The van der Waals surface area contributed by atoms with Crippen molar-refractivity contribution in [2.24, 2.45) is 9.98 Å². The third-order valence-electron chi connectivity index (χ3n) is 12.6. The molecule has 1 aliphatic carbocycles. The normalized spacial score (nSPS) is 18.1. The van der Waals surface area contributed by atoms with E-state index in [0.717, 1.165) is 33.8 Å². The Morgan fingerprint density at radius 3 is 2.16 bits per heavy atom. The first-order chi connectivity index (χ1) is 28.6. The van der Waals surface area contributed by atoms with Crippen LogP contribution >= 0.6 is 11.3 Å². The van der Waals surface area contributed by atoms with Crippen LogP contribution in [0.4, 0.5) is 0 Å². The first kappa shape index (κ1) is 32.1. The van der Waals surface area contributed by atoms with Gasteiger partial charge in [-0.2, -0.15) is 0 Å². The summed E-state index contributed by atoms with van der Waals surface area (Å²) in [6.45, 7) is 2.22. The number of allylic oxidation sites excluding steroid dienone is 2. The molecule has 58 heavy (non-hydrogen) atoms. The van der Waals surface area contributed by atoms with Gasteiger partial charge in [-0.25, -0.2) is 0 Å². The summed E-state index contributed by atoms with van der Waals surface area (Å²) >= 11 is 1.84. The van der Waals surface area contributed by atoms with Crippen LogP contribution in [0.25, 0.3) is 91.0 Å². The lowest BCUT2D eigenvalue weighted by atomic mass is 9.86. The van der Waals surface area contributed by atoms with Gasteiger partial charge >= 0.3 is 0 Å². The maximum Gasteiger partial charge on any atom is 0.160 e. The van der Waals surface area contributed by atoms with Crippen LogP contribution < -0.4 is 0 Å². The molecule has 3 aromatic heterocycles. The topological polar surface area (TPSA) is 34.6 Å². The minimum absolute atomic E-state index is 0.131. The number of benzene rings is 8. The van der Waals surface area contributed by atoms with E-state index in [9.17, 15) is 0 Å². The van der Waals surface area contributed by atoms with Gasteiger partial charge in [-0.3, -0.25) is 14.6 Å². The van der Waals surface area contributed by atoms with Gasteiger partial charge in [-0.1, -0.05) is 133 Å². The third-order valence-corrected chi connectivity index (χ3v) is 13.7. The van der Waals surface area contributed by atoms with Crippen molar-refractivity contribution < 1.29 is 0 Å². The second-order valence-corrected chi connectivity index (χ2v) is 17.0. The molecule has 2 atom stereocenters. The van der Waals surface area contributed by atoms with Gasteiger partial charge in [-0.05, 0) is 77.0 Å². The molecule has 4 nitrogen and oxygen atoms in total. The molecule has 272 valence electrons. The molecule has 0 amide bonds. The molecule has 4 heterocycles. The number of aromatic nitrogens is 2. The first-order valence-corrected chi connectivity index (χ1v) is 20.8. The average Bonchev–Trinajstić information content (AvgIpc) is 3.92. The van der Waals surface area contributed by atoms with Gasteiger partial charge in [0.15, 0.2) is 5.84 Å². The third kappa shape index (κ3) is 4.39. The number of hydrogen-bond donors (Lipinski definition) is 0. The molecule has 11 aromatic rings. The fourth-order valence-electron chi connectivity index (χ4n) is 9.86. The van der Waals surface area contributed by atoms with Crippen molar-refractivity contribution in [3.8, 4) is 5.69 Å². The van der Waals surface area contributed by atoms with Crippen LogP contribution in [-0.2, 0) is 0 Å². The predicted octanol–water partition coefficient (Wildman–Crippen LogP) is 13.6. The summed E-state index contributed by atoms with van der Waals surface area (Å²) < 4.78 is 7.39. The standard InChI is InChI=1S/C53H34N4S/c1-53-28-11-10-23-48(53)54-51(40-19-12-22-47-50(40)39-18-7-9-21-46(39)58-47)52(55-53)57-43-27-24-32-13-4-5-16-36(32)49(43)38-26-25-35(31-45(38)57)56-42-20-8-6-17-37(42)41-29-33-14-2-3-15-34(33)30-44(41)56/h2-31,48H,1H3. The van der Waals surface area contributed by atoms with Crippen LogP contribution in [0.2, 0.25) is 0 Å². The maximum absolute atomic E-state index is 5.82. The Hall–Kier alpha value is -7.08. The molecule has 1 aliphatic heterocycles. The molecule has 13 rings (SSSR count). The zero-order valence-electron chi connectivity index (χ0n) is 31.6. The Morgan fingerprint density at radius 1 is 0.517 bits per heavy atom. The van der Waals surface area contributed by atoms with Crippen molar-refractivity contribution in [2.75, 3.05) is 0 Å². The monoisotopic (exact) mass is 758 g/mol. The molecule has 0 fully saturated rings. The minimum atomic E-state index is -0.552. The molecular formula is C53H34N4S. The van der Waals surface area contributed by atoms with E-state index in [2.05, 4.69) is 198 Å². The summed E-state index contributed by atoms with van der Waals surface area (Å²) in [5.74, 6) is 0.863. The van der Waals surface area contributed by atoms with Crippen LogP contribution in [-0.4, -0.2) is 32.3 Å². The molecule has 0 N–H and O–H groups in total. The van der Waals surface area contributed by atoms with Gasteiger partial charge < -0.3 is 4.57 Å². The number of thiophene rings is 1. The SMILES string of the molecule is CC12C=CC=CC1N=C(c1cccc3sc4ccccc4c13)C(n1c3cc(-n4c5ccccc5c5cc6ccccc6cc54)ccc3c3c4ccccc4ccc31)=N2. The molecule has 0 bridgehead atoms. The number of fused-ring (bicyclic) bond motifs is 13. The lowest BCUT2D eigenvalue weighted by Gasteiger charge is -2.35. The lowest BCUT2D eigenvalue weighted by molar-refractivity contribution is 0.513. The fraction of sp³-hybridized carbons (Fsp3) is 0.0566. The molecule has 0 spiro atoms. The maximum atomic E-state index is 5.82. The van der Waals surface area contributed by atoms with Gasteiger partial charge in [0.05, 0.1) is 28.1 Å². The smallest absolute Gasteiger partial charge is 0.160 e. The number of para-hydroxylation sites is 1. The summed E-state index contributed by atoms with van der Waals surface area (Å²) in [5.41, 5.74) is 7.17. The highest BCUT2D eigenvalue weighted by molar-refractivity contribution is 7.25. The van der Waals surface area contributed by atoms with E-state index < -0.39 is 5.54 Å². The lowest BCUT2D eigenvalue weighted by Crippen LogP contribution is -2.43. The summed E-state index contributed by atoms with van der Waals surface area (Å²) in [5, 5.41) is 12.3. The second-order valence-electron chi connectivity index (χ2n) is 15.9. The van der Waals surface area contributed by atoms with E-state index in [1.54, 1.807) is 0 Å². The number of rotatable bonds is 2. The molecule has 2 unspecified atom stereocenters. The van der Waals surface area contributed by atoms with E-state index in [4.69, 9.17) is 9.98 Å². The number of nitrogens with zero attached hydrogens (tertiary/aromatic N) is 4. The molecular weight excluding hydrogens is 725 g/mol. The number of hydrogen-bond acceptors (Lipinski definition) is 3. The van der Waals surface area contributed by atoms with Gasteiger partial charge in [0.25, 0.3) is 0 Å². The van der Waals surface area contributed by atoms with Crippen molar-refractivity contribution in [1.82, 2.24) is 9.13 Å². The zero-order chi connectivity index (χ0) is 38.1. The summed E-state index contributed by atoms with van der Waals surface area (Å²) in [4.78, 5) is 11.5. The molecule has 8 aromatic carbocycles. The minimum Gasteiger partial charge on any atom is -0.309 e. The van der Waals surface area contributed by atoms with Gasteiger partial charge in [0.2, 0.25) is 0 Å². The largest absolute Gasteiger partial charge is 0.309 e. The van der Waals surface area contributed by atoms with Gasteiger partial charge in [-0.15, -0.1) is 11.3 Å². The van der Waals surface area contributed by atoms with E-state index in [-0.39, 0.29) is 6.04 Å². The van der Waals surface area contributed by atoms with Crippen LogP contribution in [0.1, 0.15) is 12.5 Å². The molecule has 0 saturated heterocycles. The van der Waals surface area contributed by atoms with Crippen LogP contribution in [0.5, 0.6) is 0 Å². The van der Waals surface area contributed by atoms with Crippen molar-refractivity contribution in [2.45, 2.75) is 18.5 Å². The molecule has 0 radical (unpaired) electrons. The predicted molar refractivity (Wildman–Crippen MR) is 248 cm³/mol. The Kier molecular flexibility index (Phi) is 6.48. The number of aliphatic imine (C=N–C) groups is 2. The van der Waals surface area contributed by atoms with Crippen molar-refractivity contribution in [3.05, 3.63) is 188 Å². The van der Waals surface area contributed by atoms with E-state index in [1.165, 1.54) is 74.3 Å². The zero-order valence-corrected chi connectivity index (χ0v) is 32.4. The Balaban J connectivity index is 1.16. The van der Waals surface area contributed by atoms with Crippen LogP contribution in [0.15, 0.2) is 192 Å². The highest BCUT2D eigenvalue weighted by atomic mass is 32.1. The average molecular weight is 759 g/mol. The van der Waals surface area contributed by atoms with Crippen molar-refractivity contribution in [3.63, 3.8) is 0 Å². The Morgan fingerprint density at radius 2 is 1.26 bits per heavy atom. The van der Waals surface area contributed by atoms with E-state index in [1.807, 2.05) is 11.3 Å². The van der Waals surface area contributed by atoms with E-state index >= 15 is 0 Å². The van der Waals surface area contributed by atoms with Gasteiger partial charge in [0, 0.05) is 53.0 Å². The van der Waals surface area contributed by atoms with Crippen LogP contribution in [0.3, 0.4) is 0 Å². The highest BCUT2D eigenvalue weighted by Crippen LogP contribution is 2.42. The van der Waals surface area contributed by atoms with E-state index in [0.29, 0.717) is 0 Å². The molecule has 2 aliphatic rings. The molecule has 5 heteroatoms. The Bertz CT molecular complexity index is 3720. The summed E-state index contributed by atoms with van der Waals surface area (Å²) in [7, 11) is 0. The van der Waals surface area contributed by atoms with Crippen molar-refractivity contribution >= 4 is 108 Å². The second kappa shape index (κ2) is 11.7. The quantitative estimate of drug-likeness (QED) is 0.168. The fourth-order valence-corrected chi connectivity index (χ4v) is 11.0. The summed E-state index contributed by atoms with van der Waals surface area (Å²) in [6.07, 6.45) is 8.66. The first-order valence-electron chi connectivity index (χ1n) is 19.9. The highest BCUT2D eigenvalue weighted by Gasteiger charge is 2.38. The van der Waals surface area contributed by atoms with Crippen LogP contribution in [0, 0.1) is 0 Å². The Labute approximate surface area is 337 Å². The summed E-state index contributed by atoms with van der Waals surface area (Å²) in [6, 6.07) is 57.8. The van der Waals surface area contributed by atoms with Gasteiger partial charge in [0.1, 0.15) is 11.3 Å². The van der Waals surface area contributed by atoms with Crippen molar-refractivity contribution in [1.29, 1.82) is 0 Å².